The van der Waals surface area contributed by atoms with Crippen LogP contribution in [0.2, 0.25) is 0 Å². The van der Waals surface area contributed by atoms with Crippen molar-refractivity contribution >= 4 is 23.6 Å². The van der Waals surface area contributed by atoms with Gasteiger partial charge < -0.3 is 9.40 Å². The van der Waals surface area contributed by atoms with E-state index in [2.05, 4.69) is 24.0 Å². The largest absolute Gasteiger partial charge is 0.437 e. The zero-order valence-corrected chi connectivity index (χ0v) is 8.09. The van der Waals surface area contributed by atoms with Crippen LogP contribution < -0.4 is 0 Å². The number of aryl methyl sites for hydroxylation is 1. The van der Waals surface area contributed by atoms with Gasteiger partial charge in [0, 0.05) is 4.88 Å². The number of nitrogens with one attached hydrogen (secondary N) is 1. The molecular weight excluding hydrogens is 190 g/mol. The summed E-state index contributed by atoms with van der Waals surface area (Å²) in [5.41, 5.74) is 0.957. The second kappa shape index (κ2) is 2.88. The lowest BCUT2D eigenvalue weighted by Crippen LogP contribution is -1.67. The average Bonchev–Trinajstić information content (AvgIpc) is 2.58. The van der Waals surface area contributed by atoms with Crippen molar-refractivity contribution in [2.45, 2.75) is 6.92 Å². The molecule has 2 nitrogen and oxygen atoms in total. The third kappa shape index (κ3) is 1.35. The van der Waals surface area contributed by atoms with E-state index < -0.39 is 0 Å². The number of oxazole rings is 1. The minimum atomic E-state index is 0.427. The van der Waals surface area contributed by atoms with Gasteiger partial charge in [-0.2, -0.15) is 0 Å². The first-order valence-electron chi connectivity index (χ1n) is 3.50. The number of hydrogen-bond acceptors (Lipinski definition) is 3. The third-order valence-electron chi connectivity index (χ3n) is 1.53. The monoisotopic (exact) mass is 197 g/mol. The van der Waals surface area contributed by atoms with Gasteiger partial charge in [0.05, 0.1) is 10.6 Å². The van der Waals surface area contributed by atoms with E-state index in [0.717, 1.165) is 10.6 Å². The van der Waals surface area contributed by atoms with Crippen molar-refractivity contribution < 1.29 is 4.42 Å². The van der Waals surface area contributed by atoms with Gasteiger partial charge in [-0.15, -0.1) is 11.3 Å². The van der Waals surface area contributed by atoms with Gasteiger partial charge in [-0.1, -0.05) is 0 Å². The van der Waals surface area contributed by atoms with Crippen molar-refractivity contribution in [2.24, 2.45) is 0 Å². The molecule has 2 aromatic rings. The van der Waals surface area contributed by atoms with Crippen LogP contribution in [0.25, 0.3) is 10.6 Å². The van der Waals surface area contributed by atoms with Crippen LogP contribution in [0.4, 0.5) is 0 Å². The molecule has 0 unspecified atom stereocenters. The summed E-state index contributed by atoms with van der Waals surface area (Å²) in [6, 6.07) is 4.13. The van der Waals surface area contributed by atoms with Crippen molar-refractivity contribution in [2.75, 3.05) is 0 Å². The number of H-pyrrole nitrogens is 1. The van der Waals surface area contributed by atoms with E-state index >= 15 is 0 Å². The van der Waals surface area contributed by atoms with Crippen LogP contribution in [0.5, 0.6) is 0 Å². The summed E-state index contributed by atoms with van der Waals surface area (Å²) in [4.78, 5) is 5.83. The lowest BCUT2D eigenvalue weighted by atomic mass is 10.4. The standard InChI is InChI=1S/C8H7NOS2/c1-5-2-3-7(12-5)6-4-10-8(11)9-6/h2-4H,1H3,(H,9,11). The molecule has 0 bridgehead atoms. The first-order chi connectivity index (χ1) is 5.75. The van der Waals surface area contributed by atoms with Crippen molar-refractivity contribution in [3.63, 3.8) is 0 Å². The lowest BCUT2D eigenvalue weighted by molar-refractivity contribution is 0.541. The molecule has 4 heteroatoms. The van der Waals surface area contributed by atoms with Crippen LogP contribution >= 0.6 is 23.6 Å². The maximum Gasteiger partial charge on any atom is 0.266 e. The van der Waals surface area contributed by atoms with Crippen LogP contribution in [-0.2, 0) is 0 Å². The van der Waals surface area contributed by atoms with E-state index in [0.29, 0.717) is 4.84 Å². The number of rotatable bonds is 1. The summed E-state index contributed by atoms with van der Waals surface area (Å²) < 4.78 is 4.99. The fourth-order valence-corrected chi connectivity index (χ4v) is 1.97. The van der Waals surface area contributed by atoms with Gasteiger partial charge in [0.25, 0.3) is 4.84 Å². The molecule has 0 aliphatic rings. The Bertz CT molecular complexity index is 438. The molecule has 12 heavy (non-hydrogen) atoms. The summed E-state index contributed by atoms with van der Waals surface area (Å²) in [7, 11) is 0. The summed E-state index contributed by atoms with van der Waals surface area (Å²) in [6.45, 7) is 2.07. The Labute approximate surface area is 78.9 Å². The Balaban J connectivity index is 2.50. The Morgan fingerprint density at radius 2 is 2.33 bits per heavy atom. The SMILES string of the molecule is Cc1ccc(-c2coc(=S)[nH]2)s1. The second-order valence-electron chi connectivity index (χ2n) is 2.47. The maximum atomic E-state index is 4.99. The Kier molecular flexibility index (Phi) is 1.86. The van der Waals surface area contributed by atoms with Crippen molar-refractivity contribution in [1.82, 2.24) is 4.98 Å². The van der Waals surface area contributed by atoms with E-state index in [9.17, 15) is 0 Å². The molecule has 1 N–H and O–H groups in total. The van der Waals surface area contributed by atoms with Crippen LogP contribution in [0.3, 0.4) is 0 Å². The number of aromatic nitrogens is 1. The molecule has 0 amide bonds. The fraction of sp³-hybridized carbons (Fsp3) is 0.125. The fourth-order valence-electron chi connectivity index (χ4n) is 0.980. The molecule has 62 valence electrons. The van der Waals surface area contributed by atoms with Crippen molar-refractivity contribution in [3.8, 4) is 10.6 Å². The number of hydrogen-bond donors (Lipinski definition) is 1. The van der Waals surface area contributed by atoms with E-state index in [4.69, 9.17) is 16.6 Å². The van der Waals surface area contributed by atoms with E-state index in [1.54, 1.807) is 17.6 Å². The number of thiophene rings is 1. The zero-order chi connectivity index (χ0) is 8.55. The maximum absolute atomic E-state index is 4.99. The van der Waals surface area contributed by atoms with E-state index in [1.165, 1.54) is 4.88 Å². The van der Waals surface area contributed by atoms with Gasteiger partial charge in [-0.05, 0) is 31.3 Å². The molecule has 0 aliphatic carbocycles. The predicted octanol–water partition coefficient (Wildman–Crippen LogP) is 3.37. The first-order valence-corrected chi connectivity index (χ1v) is 4.73. The highest BCUT2D eigenvalue weighted by Gasteiger charge is 2.01. The van der Waals surface area contributed by atoms with Crippen LogP contribution in [0, 0.1) is 11.8 Å². The molecule has 2 heterocycles. The molecule has 0 radical (unpaired) electrons. The topological polar surface area (TPSA) is 28.9 Å². The van der Waals surface area contributed by atoms with Crippen molar-refractivity contribution in [1.29, 1.82) is 0 Å². The smallest absolute Gasteiger partial charge is 0.266 e. The van der Waals surface area contributed by atoms with Gasteiger partial charge in [-0.3, -0.25) is 0 Å². The molecule has 0 atom stereocenters. The normalized spacial score (nSPS) is 10.4. The third-order valence-corrected chi connectivity index (χ3v) is 2.76. The van der Waals surface area contributed by atoms with Gasteiger partial charge in [0.2, 0.25) is 0 Å². The summed E-state index contributed by atoms with van der Waals surface area (Å²) in [6.07, 6.45) is 1.65. The Morgan fingerprint density at radius 1 is 1.50 bits per heavy atom. The van der Waals surface area contributed by atoms with Gasteiger partial charge in [0.1, 0.15) is 6.26 Å². The molecule has 0 spiro atoms. The van der Waals surface area contributed by atoms with Gasteiger partial charge in [0.15, 0.2) is 0 Å². The highest BCUT2D eigenvalue weighted by Crippen LogP contribution is 2.25. The van der Waals surface area contributed by atoms with Gasteiger partial charge >= 0.3 is 0 Å². The van der Waals surface area contributed by atoms with Gasteiger partial charge in [-0.25, -0.2) is 0 Å². The van der Waals surface area contributed by atoms with Crippen LogP contribution in [-0.4, -0.2) is 4.98 Å². The van der Waals surface area contributed by atoms with E-state index in [-0.39, 0.29) is 0 Å². The van der Waals surface area contributed by atoms with Crippen LogP contribution in [0.1, 0.15) is 4.88 Å². The molecule has 0 aliphatic heterocycles. The molecule has 2 aromatic heterocycles. The summed E-state index contributed by atoms with van der Waals surface area (Å²) >= 11 is 6.54. The first kappa shape index (κ1) is 7.76. The van der Waals surface area contributed by atoms with Crippen molar-refractivity contribution in [3.05, 3.63) is 28.1 Å². The Hall–Kier alpha value is -0.870. The zero-order valence-electron chi connectivity index (χ0n) is 6.46. The highest BCUT2D eigenvalue weighted by atomic mass is 32.1. The Morgan fingerprint density at radius 3 is 2.83 bits per heavy atom. The van der Waals surface area contributed by atoms with Crippen LogP contribution in [0.15, 0.2) is 22.8 Å². The molecule has 0 saturated carbocycles. The quantitative estimate of drug-likeness (QED) is 0.710. The number of aromatic amines is 1. The molecule has 0 fully saturated rings. The summed E-state index contributed by atoms with van der Waals surface area (Å²) in [5, 5.41) is 0. The summed E-state index contributed by atoms with van der Waals surface area (Å²) in [5.74, 6) is 0. The molecule has 0 saturated heterocycles. The molecule has 2 rings (SSSR count). The minimum absolute atomic E-state index is 0.427. The lowest BCUT2D eigenvalue weighted by Gasteiger charge is -1.85. The second-order valence-corrected chi connectivity index (χ2v) is 4.13. The average molecular weight is 197 g/mol. The predicted molar refractivity (Wildman–Crippen MR) is 51.9 cm³/mol. The van der Waals surface area contributed by atoms with E-state index in [1.807, 2.05) is 0 Å². The molecule has 0 aromatic carbocycles. The minimum Gasteiger partial charge on any atom is -0.437 e. The highest BCUT2D eigenvalue weighted by molar-refractivity contribution is 7.71. The molecular formula is C8H7NOS2.